The molecule has 1 N–H and O–H groups in total. The van der Waals surface area contributed by atoms with Gasteiger partial charge in [-0.1, -0.05) is 23.2 Å². The zero-order chi connectivity index (χ0) is 10.6. The van der Waals surface area contributed by atoms with Gasteiger partial charge in [0.2, 0.25) is 0 Å². The smallest absolute Gasteiger partial charge is 0.124 e. The van der Waals surface area contributed by atoms with E-state index in [1.807, 2.05) is 41.3 Å². The summed E-state index contributed by atoms with van der Waals surface area (Å²) in [6.07, 6.45) is 1.95. The molecule has 0 atom stereocenters. The van der Waals surface area contributed by atoms with Crippen molar-refractivity contribution in [3.05, 3.63) is 33.8 Å². The normalized spacial score (nSPS) is 11.6. The zero-order valence-electron chi connectivity index (χ0n) is 7.22. The highest BCUT2D eigenvalue weighted by Crippen LogP contribution is 2.22. The largest absolute Gasteiger partial charge is 0.249 e. The molecule has 0 aromatic heterocycles. The van der Waals surface area contributed by atoms with Gasteiger partial charge in [-0.05, 0) is 24.5 Å². The number of hydrogen-bond acceptors (Lipinski definition) is 3. The maximum Gasteiger partial charge on any atom is 0.124 e. The van der Waals surface area contributed by atoms with Gasteiger partial charge < -0.3 is 0 Å². The minimum atomic E-state index is 0.614. The Labute approximate surface area is 111 Å². The highest BCUT2D eigenvalue weighted by atomic mass is 127. The summed E-state index contributed by atoms with van der Waals surface area (Å²) in [5, 5.41) is 6.17. The van der Waals surface area contributed by atoms with Gasteiger partial charge in [-0.3, -0.25) is 0 Å². The van der Waals surface area contributed by atoms with Crippen molar-refractivity contribution in [1.82, 2.24) is 3.64 Å². The first-order chi connectivity index (χ1) is 6.67. The second kappa shape index (κ2) is 6.05. The van der Waals surface area contributed by atoms with Gasteiger partial charge in [-0.15, -0.1) is 11.8 Å². The number of nitrogens with one attached hydrogen (secondary N) is 1. The second-order valence-electron chi connectivity index (χ2n) is 2.36. The zero-order valence-corrected chi connectivity index (χ0v) is 11.7. The van der Waals surface area contributed by atoms with E-state index in [-0.39, 0.29) is 0 Å². The molecule has 0 aliphatic heterocycles. The van der Waals surface area contributed by atoms with Gasteiger partial charge in [0.05, 0.1) is 22.9 Å². The summed E-state index contributed by atoms with van der Waals surface area (Å²) in [5.41, 5.74) is 0.916. The van der Waals surface area contributed by atoms with Crippen LogP contribution in [0.4, 0.5) is 0 Å². The number of rotatable bonds is 2. The lowest BCUT2D eigenvalue weighted by atomic mass is 10.2. The summed E-state index contributed by atoms with van der Waals surface area (Å²) in [6.45, 7) is 0. The van der Waals surface area contributed by atoms with E-state index >= 15 is 0 Å². The Kier molecular flexibility index (Phi) is 5.36. The molecule has 14 heavy (non-hydrogen) atoms. The molecular formula is C8H7Cl2IN2S. The molecule has 0 fully saturated rings. The van der Waals surface area contributed by atoms with Crippen LogP contribution >= 0.6 is 57.8 Å². The minimum absolute atomic E-state index is 0.614. The average Bonchev–Trinajstić information content (AvgIpc) is 2.12. The number of thioether (sulfide) groups is 1. The van der Waals surface area contributed by atoms with E-state index in [1.54, 1.807) is 6.07 Å². The molecule has 0 saturated heterocycles. The van der Waals surface area contributed by atoms with Gasteiger partial charge in [0.25, 0.3) is 0 Å². The third-order valence-corrected chi connectivity index (χ3v) is 2.84. The van der Waals surface area contributed by atoms with Crippen molar-refractivity contribution in [1.29, 1.82) is 0 Å². The molecule has 0 heterocycles. The van der Waals surface area contributed by atoms with Crippen LogP contribution in [0.1, 0.15) is 5.56 Å². The van der Waals surface area contributed by atoms with Gasteiger partial charge in [0.1, 0.15) is 5.04 Å². The number of nitrogens with zero attached hydrogens (tertiary/aromatic N) is 1. The third-order valence-electron chi connectivity index (χ3n) is 1.45. The van der Waals surface area contributed by atoms with Gasteiger partial charge >= 0.3 is 0 Å². The van der Waals surface area contributed by atoms with Gasteiger partial charge in [-0.25, -0.2) is 3.64 Å². The predicted octanol–water partition coefficient (Wildman–Crippen LogP) is 3.96. The van der Waals surface area contributed by atoms with Crippen LogP contribution in [0.25, 0.3) is 0 Å². The van der Waals surface area contributed by atoms with E-state index in [1.165, 1.54) is 11.8 Å². The molecule has 1 rings (SSSR count). The summed E-state index contributed by atoms with van der Waals surface area (Å²) in [4.78, 5) is 0. The summed E-state index contributed by atoms with van der Waals surface area (Å²) >= 11 is 15.2. The van der Waals surface area contributed by atoms with E-state index < -0.39 is 0 Å². The Balaban J connectivity index is 3.10. The summed E-state index contributed by atoms with van der Waals surface area (Å²) < 4.78 is 2.71. The molecule has 0 saturated carbocycles. The van der Waals surface area contributed by atoms with E-state index in [4.69, 9.17) is 23.2 Å². The number of hydrogen-bond donors (Lipinski definition) is 1. The topological polar surface area (TPSA) is 24.4 Å². The van der Waals surface area contributed by atoms with Crippen LogP contribution in [0.2, 0.25) is 10.0 Å². The van der Waals surface area contributed by atoms with Crippen LogP contribution in [-0.4, -0.2) is 11.3 Å². The van der Waals surface area contributed by atoms with E-state index in [9.17, 15) is 0 Å². The van der Waals surface area contributed by atoms with Gasteiger partial charge in [0.15, 0.2) is 0 Å². The van der Waals surface area contributed by atoms with Crippen LogP contribution in [0.15, 0.2) is 23.3 Å². The van der Waals surface area contributed by atoms with E-state index in [0.717, 1.165) is 10.6 Å². The molecule has 0 bridgehead atoms. The number of halogens is 3. The monoisotopic (exact) mass is 360 g/mol. The van der Waals surface area contributed by atoms with E-state index in [2.05, 4.69) is 8.74 Å². The van der Waals surface area contributed by atoms with Crippen molar-refractivity contribution >= 4 is 62.9 Å². The van der Waals surface area contributed by atoms with Crippen LogP contribution in [0.3, 0.4) is 0 Å². The molecule has 76 valence electrons. The molecule has 0 aliphatic carbocycles. The molecule has 2 nitrogen and oxygen atoms in total. The second-order valence-corrected chi connectivity index (χ2v) is 4.51. The van der Waals surface area contributed by atoms with Crippen LogP contribution < -0.4 is 3.64 Å². The molecule has 0 radical (unpaired) electrons. The van der Waals surface area contributed by atoms with Crippen molar-refractivity contribution in [2.75, 3.05) is 6.26 Å². The molecule has 1 aromatic carbocycles. The van der Waals surface area contributed by atoms with Crippen molar-refractivity contribution in [2.45, 2.75) is 0 Å². The minimum Gasteiger partial charge on any atom is -0.249 e. The fourth-order valence-electron chi connectivity index (χ4n) is 0.944. The lowest BCUT2D eigenvalue weighted by Gasteiger charge is -2.03. The molecule has 0 aliphatic rings. The Morgan fingerprint density at radius 3 is 2.36 bits per heavy atom. The fraction of sp³-hybridized carbons (Fsp3) is 0.125. The maximum absolute atomic E-state index is 5.88. The first kappa shape index (κ1) is 12.4. The first-order valence-electron chi connectivity index (χ1n) is 3.61. The summed E-state index contributed by atoms with van der Waals surface area (Å²) in [6, 6.07) is 5.36. The third kappa shape index (κ3) is 3.49. The quantitative estimate of drug-likeness (QED) is 0.284. The summed E-state index contributed by atoms with van der Waals surface area (Å²) in [7, 11) is 0. The van der Waals surface area contributed by atoms with Crippen LogP contribution in [0.5, 0.6) is 0 Å². The Hall–Kier alpha value is 0.350. The Morgan fingerprint density at radius 2 is 1.93 bits per heavy atom. The van der Waals surface area contributed by atoms with Crippen molar-refractivity contribution in [3.8, 4) is 0 Å². The predicted molar refractivity (Wildman–Crippen MR) is 73.7 cm³/mol. The maximum atomic E-state index is 5.88. The SMILES string of the molecule is CSC(=NNI)c1cc(Cl)cc(Cl)c1. The number of hydrazone groups is 1. The van der Waals surface area contributed by atoms with Crippen LogP contribution in [0, 0.1) is 0 Å². The lowest BCUT2D eigenvalue weighted by Crippen LogP contribution is -1.99. The standard InChI is InChI=1S/C8H7Cl2IN2S/c1-14-8(12-13-11)5-2-6(9)4-7(10)3-5/h2-4,13H,1H3. The first-order valence-corrected chi connectivity index (χ1v) is 6.67. The number of benzene rings is 1. The van der Waals surface area contributed by atoms with Crippen molar-refractivity contribution in [2.24, 2.45) is 5.10 Å². The highest BCUT2D eigenvalue weighted by molar-refractivity contribution is 14.1. The molecule has 0 unspecified atom stereocenters. The Bertz CT molecular complexity index is 337. The average molecular weight is 361 g/mol. The van der Waals surface area contributed by atoms with Gasteiger partial charge in [-0.2, -0.15) is 5.10 Å². The van der Waals surface area contributed by atoms with Crippen LogP contribution in [-0.2, 0) is 0 Å². The lowest BCUT2D eigenvalue weighted by molar-refractivity contribution is 1.18. The summed E-state index contributed by atoms with van der Waals surface area (Å²) in [5.74, 6) is 0. The van der Waals surface area contributed by atoms with E-state index in [0.29, 0.717) is 10.0 Å². The highest BCUT2D eigenvalue weighted by Gasteiger charge is 2.04. The Morgan fingerprint density at radius 1 is 1.36 bits per heavy atom. The molecular weight excluding hydrogens is 354 g/mol. The van der Waals surface area contributed by atoms with Crippen molar-refractivity contribution < 1.29 is 0 Å². The van der Waals surface area contributed by atoms with Gasteiger partial charge in [0, 0.05) is 15.6 Å². The molecule has 0 amide bonds. The van der Waals surface area contributed by atoms with Crippen molar-refractivity contribution in [3.63, 3.8) is 0 Å². The molecule has 6 heteroatoms. The fourth-order valence-corrected chi connectivity index (χ4v) is 2.37. The molecule has 0 spiro atoms. The molecule has 1 aromatic rings.